The van der Waals surface area contributed by atoms with E-state index in [1.54, 1.807) is 39.8 Å². The molecule has 0 aliphatic rings. The quantitative estimate of drug-likeness (QED) is 0.481. The monoisotopic (exact) mass is 443 g/mol. The third-order valence-corrected chi connectivity index (χ3v) is 6.85. The topological polar surface area (TPSA) is 85.6 Å². The summed E-state index contributed by atoms with van der Waals surface area (Å²) in [4.78, 5) is 12.9. The molecule has 3 aromatic rings. The molecule has 0 aliphatic carbocycles. The molecular formula is C24H29NO5S. The fourth-order valence-electron chi connectivity index (χ4n) is 4.02. The molecule has 0 saturated heterocycles. The Balaban J connectivity index is 2.14. The van der Waals surface area contributed by atoms with Gasteiger partial charge in [-0.3, -0.25) is 4.72 Å². The number of hydrogen-bond donors (Lipinski definition) is 1. The van der Waals surface area contributed by atoms with E-state index in [9.17, 15) is 13.2 Å². The van der Waals surface area contributed by atoms with Gasteiger partial charge in [0, 0.05) is 11.8 Å². The minimum atomic E-state index is -3.83. The maximum absolute atomic E-state index is 13.2. The van der Waals surface area contributed by atoms with E-state index in [1.165, 1.54) is 0 Å². The Bertz CT molecular complexity index is 1230. The molecule has 0 radical (unpaired) electrons. The van der Waals surface area contributed by atoms with Crippen molar-refractivity contribution in [3.63, 3.8) is 0 Å². The van der Waals surface area contributed by atoms with Gasteiger partial charge in [-0.15, -0.1) is 0 Å². The van der Waals surface area contributed by atoms with Crippen molar-refractivity contribution in [2.45, 2.75) is 59.3 Å². The molecule has 0 aliphatic heterocycles. The molecule has 0 spiro atoms. The van der Waals surface area contributed by atoms with Gasteiger partial charge < -0.3 is 9.15 Å². The van der Waals surface area contributed by atoms with E-state index in [1.807, 2.05) is 26.0 Å². The van der Waals surface area contributed by atoms with Gasteiger partial charge in [-0.2, -0.15) is 0 Å². The molecule has 3 rings (SSSR count). The smallest absolute Gasteiger partial charge is 0.342 e. The average molecular weight is 444 g/mol. The summed E-state index contributed by atoms with van der Waals surface area (Å²) in [6.45, 7) is 11.3. The number of rotatable bonds is 7. The number of sulfonamides is 1. The van der Waals surface area contributed by atoms with Crippen LogP contribution in [0.15, 0.2) is 33.6 Å². The Kier molecular flexibility index (Phi) is 6.46. The largest absolute Gasteiger partial charge is 0.462 e. The van der Waals surface area contributed by atoms with Crippen molar-refractivity contribution in [1.29, 1.82) is 0 Å². The summed E-state index contributed by atoms with van der Waals surface area (Å²) < 4.78 is 40.4. The summed E-state index contributed by atoms with van der Waals surface area (Å²) in [6, 6.07) is 7.12. The van der Waals surface area contributed by atoms with Gasteiger partial charge in [-0.1, -0.05) is 24.6 Å². The summed E-state index contributed by atoms with van der Waals surface area (Å²) in [5, 5.41) is 0.544. The van der Waals surface area contributed by atoms with Crippen molar-refractivity contribution in [2.24, 2.45) is 0 Å². The number of hydrogen-bond acceptors (Lipinski definition) is 5. The normalized spacial score (nSPS) is 11.7. The van der Waals surface area contributed by atoms with Crippen LogP contribution in [0.2, 0.25) is 0 Å². The van der Waals surface area contributed by atoms with E-state index in [4.69, 9.17) is 9.15 Å². The fraction of sp³-hybridized carbons (Fsp3) is 0.375. The highest BCUT2D eigenvalue weighted by Crippen LogP contribution is 2.34. The van der Waals surface area contributed by atoms with Crippen molar-refractivity contribution >= 4 is 32.6 Å². The van der Waals surface area contributed by atoms with Crippen molar-refractivity contribution < 1.29 is 22.4 Å². The Morgan fingerprint density at radius 1 is 1.00 bits per heavy atom. The van der Waals surface area contributed by atoms with Crippen LogP contribution in [0.1, 0.15) is 58.6 Å². The first kappa shape index (κ1) is 22.9. The zero-order valence-corrected chi connectivity index (χ0v) is 19.7. The number of anilines is 1. The Morgan fingerprint density at radius 3 is 2.23 bits per heavy atom. The second kappa shape index (κ2) is 8.75. The number of benzene rings is 2. The van der Waals surface area contributed by atoms with Crippen LogP contribution in [0, 0.1) is 27.7 Å². The highest BCUT2D eigenvalue weighted by molar-refractivity contribution is 7.92. The summed E-state index contributed by atoms with van der Waals surface area (Å²) >= 11 is 0. The summed E-state index contributed by atoms with van der Waals surface area (Å²) in [5.74, 6) is 0.0909. The van der Waals surface area contributed by atoms with E-state index in [0.29, 0.717) is 51.1 Å². The number of carbonyl (C=O) groups excluding carboxylic acids is 1. The first-order valence-corrected chi connectivity index (χ1v) is 11.9. The van der Waals surface area contributed by atoms with Crippen LogP contribution >= 0.6 is 0 Å². The molecule has 0 fully saturated rings. The predicted molar refractivity (Wildman–Crippen MR) is 122 cm³/mol. The van der Waals surface area contributed by atoms with Crippen LogP contribution in [0.3, 0.4) is 0 Å². The van der Waals surface area contributed by atoms with Crippen molar-refractivity contribution in [3.8, 4) is 0 Å². The molecule has 0 bridgehead atoms. The van der Waals surface area contributed by atoms with Gasteiger partial charge in [0.25, 0.3) is 10.0 Å². The minimum Gasteiger partial charge on any atom is -0.462 e. The van der Waals surface area contributed by atoms with Crippen LogP contribution in [0.5, 0.6) is 0 Å². The lowest BCUT2D eigenvalue weighted by Crippen LogP contribution is -2.16. The van der Waals surface area contributed by atoms with Gasteiger partial charge in [-0.05, 0) is 69.9 Å². The van der Waals surface area contributed by atoms with Gasteiger partial charge in [0.15, 0.2) is 0 Å². The van der Waals surface area contributed by atoms with Gasteiger partial charge in [0.2, 0.25) is 0 Å². The standard InChI is InChI=1S/C24H29NO5S/c1-7-9-20-22(24(26)29-8-2)18-13-19(15(4)12-21(18)30-20)25-31(27,28)23-16(5)10-14(3)11-17(23)6/h10-13,25H,7-9H2,1-6H3. The summed E-state index contributed by atoms with van der Waals surface area (Å²) in [7, 11) is -3.83. The maximum atomic E-state index is 13.2. The maximum Gasteiger partial charge on any atom is 0.342 e. The molecule has 0 unspecified atom stereocenters. The zero-order chi connectivity index (χ0) is 22.9. The lowest BCUT2D eigenvalue weighted by atomic mass is 10.1. The second-order valence-electron chi connectivity index (χ2n) is 7.87. The number of fused-ring (bicyclic) bond motifs is 1. The number of nitrogens with one attached hydrogen (secondary N) is 1. The zero-order valence-electron chi connectivity index (χ0n) is 18.9. The molecule has 2 aromatic carbocycles. The third kappa shape index (κ3) is 4.46. The molecule has 1 aromatic heterocycles. The molecule has 6 nitrogen and oxygen atoms in total. The van der Waals surface area contributed by atoms with Crippen LogP contribution in [-0.2, 0) is 21.2 Å². The number of furan rings is 1. The summed E-state index contributed by atoms with van der Waals surface area (Å²) in [6.07, 6.45) is 1.39. The van der Waals surface area contributed by atoms with Gasteiger partial charge in [-0.25, -0.2) is 13.2 Å². The van der Waals surface area contributed by atoms with Crippen LogP contribution in [-0.4, -0.2) is 21.0 Å². The predicted octanol–water partition coefficient (Wildman–Crippen LogP) is 5.60. The molecular weight excluding hydrogens is 414 g/mol. The van der Waals surface area contributed by atoms with Gasteiger partial charge in [0.05, 0.1) is 17.2 Å². The van der Waals surface area contributed by atoms with E-state index in [0.717, 1.165) is 12.0 Å². The van der Waals surface area contributed by atoms with Gasteiger partial charge in [0.1, 0.15) is 16.9 Å². The number of aryl methyl sites for hydroxylation is 5. The molecule has 0 saturated carbocycles. The van der Waals surface area contributed by atoms with E-state index < -0.39 is 16.0 Å². The van der Waals surface area contributed by atoms with E-state index in [2.05, 4.69) is 4.72 Å². The molecule has 166 valence electrons. The highest BCUT2D eigenvalue weighted by Gasteiger charge is 2.25. The van der Waals surface area contributed by atoms with Crippen molar-refractivity contribution in [3.05, 3.63) is 57.8 Å². The Hall–Kier alpha value is -2.80. The number of ether oxygens (including phenoxy) is 1. The van der Waals surface area contributed by atoms with Crippen LogP contribution < -0.4 is 4.72 Å². The first-order valence-electron chi connectivity index (χ1n) is 10.4. The van der Waals surface area contributed by atoms with Crippen molar-refractivity contribution in [1.82, 2.24) is 0 Å². The molecule has 1 N–H and O–H groups in total. The Morgan fingerprint density at radius 2 is 1.65 bits per heavy atom. The van der Waals surface area contributed by atoms with E-state index >= 15 is 0 Å². The molecule has 0 atom stereocenters. The first-order chi connectivity index (χ1) is 14.6. The fourth-order valence-corrected chi connectivity index (χ4v) is 5.60. The van der Waals surface area contributed by atoms with Crippen molar-refractivity contribution in [2.75, 3.05) is 11.3 Å². The second-order valence-corrected chi connectivity index (χ2v) is 9.49. The third-order valence-electron chi connectivity index (χ3n) is 5.18. The SMILES string of the molecule is CCCc1oc2cc(C)c(NS(=O)(=O)c3c(C)cc(C)cc3C)cc2c1C(=O)OCC. The Labute approximate surface area is 183 Å². The highest BCUT2D eigenvalue weighted by atomic mass is 32.2. The van der Waals surface area contributed by atoms with Crippen LogP contribution in [0.4, 0.5) is 5.69 Å². The molecule has 0 amide bonds. The minimum absolute atomic E-state index is 0.244. The molecule has 31 heavy (non-hydrogen) atoms. The van der Waals surface area contributed by atoms with Crippen LogP contribution in [0.25, 0.3) is 11.0 Å². The lowest BCUT2D eigenvalue weighted by Gasteiger charge is -2.15. The molecule has 1 heterocycles. The molecule has 7 heteroatoms. The average Bonchev–Trinajstić information content (AvgIpc) is 2.97. The summed E-state index contributed by atoms with van der Waals surface area (Å²) in [5.41, 5.74) is 4.38. The lowest BCUT2D eigenvalue weighted by molar-refractivity contribution is 0.0526. The number of carbonyl (C=O) groups is 1. The van der Waals surface area contributed by atoms with E-state index in [-0.39, 0.29) is 11.5 Å². The van der Waals surface area contributed by atoms with Gasteiger partial charge >= 0.3 is 5.97 Å². The number of esters is 1.